The molecule has 1 aliphatic rings. The zero-order valence-corrected chi connectivity index (χ0v) is 17.1. The number of hydrogen-bond acceptors (Lipinski definition) is 4. The van der Waals surface area contributed by atoms with Gasteiger partial charge >= 0.3 is 0 Å². The fourth-order valence-corrected chi connectivity index (χ4v) is 4.13. The Morgan fingerprint density at radius 3 is 2.57 bits per heavy atom. The first-order chi connectivity index (χ1) is 14.4. The highest BCUT2D eigenvalue weighted by Gasteiger charge is 2.46. The molecule has 0 fully saturated rings. The Bertz CT molecular complexity index is 1190. The van der Waals surface area contributed by atoms with Crippen LogP contribution in [0.25, 0.3) is 0 Å². The van der Waals surface area contributed by atoms with E-state index in [4.69, 9.17) is 16.6 Å². The van der Waals surface area contributed by atoms with Crippen molar-refractivity contribution in [3.8, 4) is 0 Å². The third-order valence-electron chi connectivity index (χ3n) is 5.49. The summed E-state index contributed by atoms with van der Waals surface area (Å²) < 4.78 is 28.5. The molecule has 0 saturated carbocycles. The highest BCUT2D eigenvalue weighted by molar-refractivity contribution is 6.30. The van der Waals surface area contributed by atoms with Crippen molar-refractivity contribution in [3.63, 3.8) is 0 Å². The number of pyridine rings is 2. The van der Waals surface area contributed by atoms with Gasteiger partial charge in [-0.3, -0.25) is 9.79 Å². The number of nitrogens with one attached hydrogen (secondary N) is 2. The van der Waals surface area contributed by atoms with Crippen molar-refractivity contribution < 1.29 is 8.78 Å². The number of rotatable bonds is 4. The van der Waals surface area contributed by atoms with E-state index in [1.165, 1.54) is 18.5 Å². The van der Waals surface area contributed by atoms with Crippen molar-refractivity contribution in [2.45, 2.75) is 31.8 Å². The van der Waals surface area contributed by atoms with Crippen LogP contribution in [-0.2, 0) is 12.0 Å². The fourth-order valence-electron chi connectivity index (χ4n) is 4.01. The molecule has 0 radical (unpaired) electrons. The molecule has 1 aromatic carbocycles. The summed E-state index contributed by atoms with van der Waals surface area (Å²) in [6, 6.07) is 9.88. The van der Waals surface area contributed by atoms with E-state index in [0.29, 0.717) is 28.4 Å². The molecule has 5 nitrogen and oxygen atoms in total. The number of aromatic nitrogens is 2. The van der Waals surface area contributed by atoms with Crippen LogP contribution in [0.3, 0.4) is 0 Å². The molecule has 30 heavy (non-hydrogen) atoms. The average molecular weight is 429 g/mol. The summed E-state index contributed by atoms with van der Waals surface area (Å²) in [5, 5.41) is 3.96. The molecule has 4 rings (SSSR count). The SMILES string of the molecule is CCc1c(C2=N[C@@H](C)C(c3ccc(Cl)cc3)(c3ccnc(F)c3)N2)c[nH]c(=O)c1F. The van der Waals surface area contributed by atoms with Crippen molar-refractivity contribution in [1.82, 2.24) is 15.3 Å². The van der Waals surface area contributed by atoms with Gasteiger partial charge in [-0.1, -0.05) is 30.7 Å². The molecule has 3 heterocycles. The van der Waals surface area contributed by atoms with Crippen molar-refractivity contribution in [2.24, 2.45) is 4.99 Å². The Morgan fingerprint density at radius 2 is 1.90 bits per heavy atom. The maximum absolute atomic E-state index is 14.4. The molecule has 0 amide bonds. The second kappa shape index (κ2) is 7.65. The molecular weight excluding hydrogens is 410 g/mol. The first-order valence-electron chi connectivity index (χ1n) is 9.51. The third kappa shape index (κ3) is 3.19. The average Bonchev–Trinajstić information content (AvgIpc) is 3.08. The minimum atomic E-state index is -0.929. The van der Waals surface area contributed by atoms with E-state index in [9.17, 15) is 13.6 Å². The van der Waals surface area contributed by atoms with Crippen molar-refractivity contribution in [1.29, 1.82) is 0 Å². The van der Waals surface area contributed by atoms with Crippen molar-refractivity contribution >= 4 is 17.4 Å². The van der Waals surface area contributed by atoms with Crippen LogP contribution in [0.4, 0.5) is 8.78 Å². The topological polar surface area (TPSA) is 70.1 Å². The third-order valence-corrected chi connectivity index (χ3v) is 5.74. The largest absolute Gasteiger partial charge is 0.354 e. The molecule has 0 spiro atoms. The molecule has 154 valence electrons. The number of nitrogens with zero attached hydrogens (tertiary/aromatic N) is 2. The van der Waals surface area contributed by atoms with Gasteiger partial charge in [-0.05, 0) is 48.7 Å². The quantitative estimate of drug-likeness (QED) is 0.618. The van der Waals surface area contributed by atoms with Gasteiger partial charge in [-0.25, -0.2) is 9.37 Å². The van der Waals surface area contributed by atoms with E-state index in [0.717, 1.165) is 5.56 Å². The van der Waals surface area contributed by atoms with Crippen LogP contribution >= 0.6 is 11.6 Å². The molecule has 3 aromatic rings. The van der Waals surface area contributed by atoms with Gasteiger partial charge in [0.25, 0.3) is 5.56 Å². The Kier molecular flexibility index (Phi) is 5.15. The van der Waals surface area contributed by atoms with Gasteiger partial charge in [0.2, 0.25) is 5.95 Å². The highest BCUT2D eigenvalue weighted by atomic mass is 35.5. The lowest BCUT2D eigenvalue weighted by Gasteiger charge is -2.35. The number of benzene rings is 1. The van der Waals surface area contributed by atoms with Crippen LogP contribution in [0.15, 0.2) is 58.6 Å². The first-order valence-corrected chi connectivity index (χ1v) is 9.89. The number of hydrogen-bond donors (Lipinski definition) is 2. The molecular formula is C22H19ClF2N4O. The molecule has 2 aromatic heterocycles. The summed E-state index contributed by atoms with van der Waals surface area (Å²) in [4.78, 5) is 22.5. The summed E-state index contributed by atoms with van der Waals surface area (Å²) in [7, 11) is 0. The fraction of sp³-hybridized carbons (Fsp3) is 0.227. The summed E-state index contributed by atoms with van der Waals surface area (Å²) in [5.74, 6) is -1.03. The number of amidine groups is 1. The zero-order valence-electron chi connectivity index (χ0n) is 16.3. The summed E-state index contributed by atoms with van der Waals surface area (Å²) in [6.07, 6.45) is 3.16. The lowest BCUT2D eigenvalue weighted by Crippen LogP contribution is -2.48. The first kappa shape index (κ1) is 20.2. The Morgan fingerprint density at radius 1 is 1.17 bits per heavy atom. The van der Waals surface area contributed by atoms with Crippen LogP contribution in [0.2, 0.25) is 5.02 Å². The standard InChI is InChI=1S/C22H19ClF2N4O/c1-3-16-17(11-27-21(30)19(16)25)20-28-12(2)22(29-20,13-4-6-15(23)7-5-13)14-8-9-26-18(24)10-14/h4-12H,3H2,1-2H3,(H,27,30)(H,28,29)/t12-,22?/m0/s1. The van der Waals surface area contributed by atoms with Crippen LogP contribution in [-0.4, -0.2) is 21.8 Å². The van der Waals surface area contributed by atoms with Crippen molar-refractivity contribution in [2.75, 3.05) is 0 Å². The monoisotopic (exact) mass is 428 g/mol. The maximum atomic E-state index is 14.4. The van der Waals surface area contributed by atoms with E-state index in [-0.39, 0.29) is 11.6 Å². The Balaban J connectivity index is 1.90. The smallest absolute Gasteiger partial charge is 0.284 e. The number of aliphatic imine (C=N–C) groups is 1. The number of H-pyrrole nitrogens is 1. The lowest BCUT2D eigenvalue weighted by atomic mass is 9.78. The zero-order chi connectivity index (χ0) is 21.5. The predicted octanol–water partition coefficient (Wildman–Crippen LogP) is 3.95. The molecule has 8 heteroatoms. The minimum absolute atomic E-state index is 0.269. The van der Waals surface area contributed by atoms with Crippen LogP contribution in [0, 0.1) is 11.8 Å². The van der Waals surface area contributed by atoms with E-state index >= 15 is 0 Å². The van der Waals surface area contributed by atoms with Gasteiger partial charge in [0, 0.05) is 28.5 Å². The normalized spacial score (nSPS) is 20.7. The summed E-state index contributed by atoms with van der Waals surface area (Å²) >= 11 is 6.07. The molecule has 0 bridgehead atoms. The van der Waals surface area contributed by atoms with Crippen LogP contribution in [0.5, 0.6) is 0 Å². The van der Waals surface area contributed by atoms with Gasteiger partial charge < -0.3 is 10.3 Å². The highest BCUT2D eigenvalue weighted by Crippen LogP contribution is 2.39. The van der Waals surface area contributed by atoms with E-state index in [2.05, 4.69) is 15.3 Å². The molecule has 1 unspecified atom stereocenters. The van der Waals surface area contributed by atoms with Gasteiger partial charge in [-0.15, -0.1) is 0 Å². The van der Waals surface area contributed by atoms with Crippen LogP contribution in [0.1, 0.15) is 36.1 Å². The van der Waals surface area contributed by atoms with Gasteiger partial charge in [-0.2, -0.15) is 4.39 Å². The summed E-state index contributed by atoms with van der Waals surface area (Å²) in [6.45, 7) is 3.66. The summed E-state index contributed by atoms with van der Waals surface area (Å²) in [5.41, 5.74) is 0.457. The molecule has 1 aliphatic heterocycles. The predicted molar refractivity (Wildman–Crippen MR) is 112 cm³/mol. The molecule has 0 aliphatic carbocycles. The van der Waals surface area contributed by atoms with E-state index < -0.39 is 22.9 Å². The number of halogens is 3. The van der Waals surface area contributed by atoms with Gasteiger partial charge in [0.1, 0.15) is 11.4 Å². The molecule has 0 saturated heterocycles. The minimum Gasteiger partial charge on any atom is -0.354 e. The Hall–Kier alpha value is -3.06. The maximum Gasteiger partial charge on any atom is 0.284 e. The second-order valence-electron chi connectivity index (χ2n) is 7.14. The molecule has 2 N–H and O–H groups in total. The second-order valence-corrected chi connectivity index (χ2v) is 7.57. The van der Waals surface area contributed by atoms with E-state index in [1.54, 1.807) is 25.1 Å². The Labute approximate surface area is 176 Å². The van der Waals surface area contributed by atoms with Gasteiger partial charge in [0.15, 0.2) is 5.82 Å². The molecule has 2 atom stereocenters. The van der Waals surface area contributed by atoms with E-state index in [1.807, 2.05) is 19.1 Å². The number of aromatic amines is 1. The van der Waals surface area contributed by atoms with Crippen LogP contribution < -0.4 is 10.9 Å². The lowest BCUT2D eigenvalue weighted by molar-refractivity contribution is 0.430. The van der Waals surface area contributed by atoms with Gasteiger partial charge in [0.05, 0.1) is 6.04 Å². The van der Waals surface area contributed by atoms with Crippen molar-refractivity contribution in [3.05, 3.63) is 98.2 Å².